The van der Waals surface area contributed by atoms with Crippen LogP contribution in [0.2, 0.25) is 0 Å². The Labute approximate surface area is 125 Å². The summed E-state index contributed by atoms with van der Waals surface area (Å²) < 4.78 is 0. The topological polar surface area (TPSA) is 82.2 Å². The highest BCUT2D eigenvalue weighted by atomic mass is 32.1. The molecule has 0 aromatic carbocycles. The summed E-state index contributed by atoms with van der Waals surface area (Å²) in [5.74, 6) is 0.642. The fraction of sp³-hybridized carbons (Fsp3) is 0.385. The summed E-state index contributed by atoms with van der Waals surface area (Å²) in [6, 6.07) is 3.68. The van der Waals surface area contributed by atoms with Crippen LogP contribution in [0.3, 0.4) is 0 Å². The second-order valence-electron chi connectivity index (χ2n) is 4.81. The van der Waals surface area contributed by atoms with Crippen molar-refractivity contribution in [2.75, 3.05) is 26.2 Å². The van der Waals surface area contributed by atoms with Crippen molar-refractivity contribution >= 4 is 23.2 Å². The number of thiophene rings is 1. The van der Waals surface area contributed by atoms with Crippen LogP contribution in [-0.2, 0) is 0 Å². The van der Waals surface area contributed by atoms with Crippen molar-refractivity contribution in [3.05, 3.63) is 34.0 Å². The van der Waals surface area contributed by atoms with E-state index < -0.39 is 0 Å². The Morgan fingerprint density at radius 3 is 2.38 bits per heavy atom. The maximum Gasteiger partial charge on any atom is 0.293 e. The molecule has 1 saturated heterocycles. The minimum Gasteiger partial charge on any atom is -0.334 e. The lowest BCUT2D eigenvalue weighted by molar-refractivity contribution is 0.0531. The molecule has 1 fully saturated rings. The summed E-state index contributed by atoms with van der Waals surface area (Å²) >= 11 is 1.44. The van der Waals surface area contributed by atoms with Crippen LogP contribution in [0.4, 0.5) is 0 Å². The molecule has 2 aromatic heterocycles. The first-order chi connectivity index (χ1) is 10.1. The lowest BCUT2D eigenvalue weighted by atomic mass is 10.3. The molecular weight excluding hydrogens is 290 g/mol. The molecule has 7 nitrogen and oxygen atoms in total. The molecular formula is C13H15N5O2S. The molecule has 3 heterocycles. The van der Waals surface area contributed by atoms with Crippen LogP contribution in [0.1, 0.15) is 26.1 Å². The predicted octanol–water partition coefficient (Wildman–Crippen LogP) is 0.773. The van der Waals surface area contributed by atoms with Crippen molar-refractivity contribution in [3.8, 4) is 0 Å². The average Bonchev–Trinajstić information content (AvgIpc) is 3.17. The summed E-state index contributed by atoms with van der Waals surface area (Å²) in [7, 11) is 0. The van der Waals surface area contributed by atoms with Crippen molar-refractivity contribution in [1.82, 2.24) is 25.0 Å². The SMILES string of the molecule is Cc1nc(C(=O)N2CCN(C(=O)c3cccs3)CC2)n[nH]1. The second-order valence-corrected chi connectivity index (χ2v) is 5.75. The van der Waals surface area contributed by atoms with E-state index in [2.05, 4.69) is 15.2 Å². The molecule has 0 unspecified atom stereocenters. The van der Waals surface area contributed by atoms with Gasteiger partial charge in [0.25, 0.3) is 11.8 Å². The molecule has 21 heavy (non-hydrogen) atoms. The third-order valence-corrected chi connectivity index (χ3v) is 4.23. The van der Waals surface area contributed by atoms with Crippen molar-refractivity contribution in [1.29, 1.82) is 0 Å². The van der Waals surface area contributed by atoms with Gasteiger partial charge >= 0.3 is 0 Å². The molecule has 0 spiro atoms. The Kier molecular flexibility index (Phi) is 3.70. The first-order valence-electron chi connectivity index (χ1n) is 6.66. The van der Waals surface area contributed by atoms with E-state index in [-0.39, 0.29) is 17.6 Å². The molecule has 0 bridgehead atoms. The van der Waals surface area contributed by atoms with Gasteiger partial charge in [-0.2, -0.15) is 0 Å². The van der Waals surface area contributed by atoms with E-state index >= 15 is 0 Å². The molecule has 1 N–H and O–H groups in total. The first kappa shape index (κ1) is 13.7. The van der Waals surface area contributed by atoms with Crippen molar-refractivity contribution < 1.29 is 9.59 Å². The maximum absolute atomic E-state index is 12.2. The van der Waals surface area contributed by atoms with Gasteiger partial charge in [0.05, 0.1) is 4.88 Å². The zero-order valence-corrected chi connectivity index (χ0v) is 12.4. The zero-order valence-electron chi connectivity index (χ0n) is 11.6. The Morgan fingerprint density at radius 1 is 1.19 bits per heavy atom. The number of rotatable bonds is 2. The van der Waals surface area contributed by atoms with E-state index in [0.717, 1.165) is 4.88 Å². The summed E-state index contributed by atoms with van der Waals surface area (Å²) in [4.78, 5) is 32.6. The Bertz CT molecular complexity index is 643. The van der Waals surface area contributed by atoms with Gasteiger partial charge in [-0.15, -0.1) is 16.4 Å². The first-order valence-corrected chi connectivity index (χ1v) is 7.54. The number of piperazine rings is 1. The highest BCUT2D eigenvalue weighted by Gasteiger charge is 2.27. The quantitative estimate of drug-likeness (QED) is 0.888. The molecule has 110 valence electrons. The van der Waals surface area contributed by atoms with Gasteiger partial charge in [-0.1, -0.05) is 6.07 Å². The number of carbonyl (C=O) groups is 2. The Balaban J connectivity index is 1.60. The van der Waals surface area contributed by atoms with Gasteiger partial charge in [0.15, 0.2) is 0 Å². The lowest BCUT2D eigenvalue weighted by Gasteiger charge is -2.33. The largest absolute Gasteiger partial charge is 0.334 e. The van der Waals surface area contributed by atoms with Gasteiger partial charge in [-0.05, 0) is 18.4 Å². The number of hydrogen-bond acceptors (Lipinski definition) is 5. The standard InChI is InChI=1S/C13H15N5O2S/c1-9-14-11(16-15-9)13(20)18-6-4-17(5-7-18)12(19)10-3-2-8-21-10/h2-3,8H,4-7H2,1H3,(H,14,15,16). The maximum atomic E-state index is 12.2. The number of nitrogens with one attached hydrogen (secondary N) is 1. The number of aryl methyl sites for hydroxylation is 1. The highest BCUT2D eigenvalue weighted by Crippen LogP contribution is 2.14. The Hall–Kier alpha value is -2.22. The van der Waals surface area contributed by atoms with E-state index in [9.17, 15) is 9.59 Å². The van der Waals surface area contributed by atoms with Crippen LogP contribution < -0.4 is 0 Å². The van der Waals surface area contributed by atoms with E-state index in [1.807, 2.05) is 17.5 Å². The van der Waals surface area contributed by atoms with E-state index in [4.69, 9.17) is 0 Å². The summed E-state index contributed by atoms with van der Waals surface area (Å²) in [6.45, 7) is 3.83. The van der Waals surface area contributed by atoms with Gasteiger partial charge in [-0.25, -0.2) is 4.98 Å². The molecule has 0 saturated carbocycles. The number of nitrogens with zero attached hydrogens (tertiary/aromatic N) is 4. The van der Waals surface area contributed by atoms with Crippen LogP contribution >= 0.6 is 11.3 Å². The zero-order chi connectivity index (χ0) is 14.8. The fourth-order valence-corrected chi connectivity index (χ4v) is 2.94. The van der Waals surface area contributed by atoms with Crippen molar-refractivity contribution in [2.45, 2.75) is 6.92 Å². The number of H-pyrrole nitrogens is 1. The smallest absolute Gasteiger partial charge is 0.293 e. The third kappa shape index (κ3) is 2.80. The summed E-state index contributed by atoms with van der Waals surface area (Å²) in [5, 5.41) is 8.43. The van der Waals surface area contributed by atoms with Gasteiger partial charge < -0.3 is 9.80 Å². The fourth-order valence-electron chi connectivity index (χ4n) is 2.25. The molecule has 2 amide bonds. The van der Waals surface area contributed by atoms with Crippen LogP contribution in [-0.4, -0.2) is 63.0 Å². The van der Waals surface area contributed by atoms with Crippen molar-refractivity contribution in [2.24, 2.45) is 0 Å². The number of aromatic amines is 1. The van der Waals surface area contributed by atoms with Gasteiger partial charge in [0.1, 0.15) is 5.82 Å². The monoisotopic (exact) mass is 305 g/mol. The van der Waals surface area contributed by atoms with Crippen LogP contribution in [0.5, 0.6) is 0 Å². The number of carbonyl (C=O) groups excluding carboxylic acids is 2. The van der Waals surface area contributed by atoms with Crippen LogP contribution in [0, 0.1) is 6.92 Å². The van der Waals surface area contributed by atoms with Crippen molar-refractivity contribution in [3.63, 3.8) is 0 Å². The molecule has 0 atom stereocenters. The molecule has 1 aliphatic heterocycles. The minimum absolute atomic E-state index is 0.0332. The van der Waals surface area contributed by atoms with E-state index in [1.165, 1.54) is 11.3 Å². The van der Waals surface area contributed by atoms with Gasteiger partial charge in [0.2, 0.25) is 5.82 Å². The second kappa shape index (κ2) is 5.65. The molecule has 8 heteroatoms. The molecule has 1 aliphatic rings. The van der Waals surface area contributed by atoms with E-state index in [1.54, 1.807) is 16.7 Å². The number of hydrogen-bond donors (Lipinski definition) is 1. The predicted molar refractivity (Wildman–Crippen MR) is 77.2 cm³/mol. The van der Waals surface area contributed by atoms with E-state index in [0.29, 0.717) is 32.0 Å². The lowest BCUT2D eigenvalue weighted by Crippen LogP contribution is -2.50. The Morgan fingerprint density at radius 2 is 1.86 bits per heavy atom. The summed E-state index contributed by atoms with van der Waals surface area (Å²) in [5.41, 5.74) is 0. The average molecular weight is 305 g/mol. The number of amides is 2. The normalized spacial score (nSPS) is 15.3. The molecule has 0 radical (unpaired) electrons. The molecule has 0 aliphatic carbocycles. The number of aromatic nitrogens is 3. The third-order valence-electron chi connectivity index (χ3n) is 3.37. The van der Waals surface area contributed by atoms with Crippen LogP contribution in [0.25, 0.3) is 0 Å². The van der Waals surface area contributed by atoms with Gasteiger partial charge in [0, 0.05) is 26.2 Å². The summed E-state index contributed by atoms with van der Waals surface area (Å²) in [6.07, 6.45) is 0. The highest BCUT2D eigenvalue weighted by molar-refractivity contribution is 7.12. The molecule has 3 rings (SSSR count). The van der Waals surface area contributed by atoms with Gasteiger partial charge in [-0.3, -0.25) is 14.7 Å². The van der Waals surface area contributed by atoms with Crippen LogP contribution in [0.15, 0.2) is 17.5 Å². The minimum atomic E-state index is -0.192. The molecule has 2 aromatic rings.